The molecule has 0 saturated heterocycles. The molecular formula is C14H9Cl2N3O2. The zero-order valence-electron chi connectivity index (χ0n) is 10.9. The molecule has 2 aromatic rings. The largest absolute Gasteiger partial charge is 0.353 e. The molecule has 0 aliphatic carbocycles. The summed E-state index contributed by atoms with van der Waals surface area (Å²) >= 11 is 12.3. The molecule has 0 unspecified atom stereocenters. The van der Waals surface area contributed by atoms with Crippen molar-refractivity contribution in [3.05, 3.63) is 61.6 Å². The van der Waals surface area contributed by atoms with Crippen LogP contribution in [0.2, 0.25) is 10.0 Å². The maximum atomic E-state index is 10.9. The topological polar surface area (TPSA) is 79.0 Å². The lowest BCUT2D eigenvalue weighted by molar-refractivity contribution is -0.385. The lowest BCUT2D eigenvalue weighted by atomic mass is 10.1. The number of hydrogen-bond acceptors (Lipinski definition) is 4. The minimum absolute atomic E-state index is 0.00742. The van der Waals surface area contributed by atoms with Gasteiger partial charge in [0, 0.05) is 11.8 Å². The summed E-state index contributed by atoms with van der Waals surface area (Å²) in [5.74, 6) is 0. The van der Waals surface area contributed by atoms with Crippen molar-refractivity contribution in [2.24, 2.45) is 0 Å². The number of nitro groups is 1. The van der Waals surface area contributed by atoms with E-state index in [1.807, 2.05) is 6.92 Å². The number of nitrogens with one attached hydrogen (secondary N) is 1. The fraction of sp³-hybridized carbons (Fsp3) is 0.0714. The van der Waals surface area contributed by atoms with E-state index < -0.39 is 4.92 Å². The Hall–Kier alpha value is -2.29. The van der Waals surface area contributed by atoms with Gasteiger partial charge in [-0.1, -0.05) is 29.3 Å². The molecule has 2 aromatic carbocycles. The molecule has 1 N–H and O–H groups in total. The van der Waals surface area contributed by atoms with Crippen LogP contribution in [0.1, 0.15) is 11.1 Å². The third kappa shape index (κ3) is 3.07. The Balaban J connectivity index is 2.46. The fourth-order valence-electron chi connectivity index (χ4n) is 1.77. The molecule has 0 aromatic heterocycles. The molecule has 5 nitrogen and oxygen atoms in total. The maximum Gasteiger partial charge on any atom is 0.289 e. The van der Waals surface area contributed by atoms with Crippen LogP contribution in [0.4, 0.5) is 17.1 Å². The van der Waals surface area contributed by atoms with Gasteiger partial charge in [-0.15, -0.1) is 0 Å². The normalized spacial score (nSPS) is 10.0. The molecule has 106 valence electrons. The van der Waals surface area contributed by atoms with Gasteiger partial charge in [-0.05, 0) is 30.7 Å². The number of halogens is 2. The molecule has 0 saturated carbocycles. The number of anilines is 2. The number of benzene rings is 2. The molecule has 0 radical (unpaired) electrons. The van der Waals surface area contributed by atoms with E-state index in [1.54, 1.807) is 24.3 Å². The third-order valence-electron chi connectivity index (χ3n) is 2.87. The molecule has 2 rings (SSSR count). The average Bonchev–Trinajstić information content (AvgIpc) is 2.47. The Morgan fingerprint density at radius 3 is 2.62 bits per heavy atom. The molecular weight excluding hydrogens is 313 g/mol. The van der Waals surface area contributed by atoms with Crippen LogP contribution in [-0.2, 0) is 0 Å². The van der Waals surface area contributed by atoms with Crippen molar-refractivity contribution >= 4 is 40.3 Å². The van der Waals surface area contributed by atoms with Crippen LogP contribution in [0, 0.1) is 28.4 Å². The summed E-state index contributed by atoms with van der Waals surface area (Å²) in [6.45, 7) is 1.82. The molecule has 21 heavy (non-hydrogen) atoms. The molecule has 0 bridgehead atoms. The molecule has 0 spiro atoms. The molecule has 0 aliphatic heterocycles. The van der Waals surface area contributed by atoms with Crippen molar-refractivity contribution in [3.8, 4) is 6.07 Å². The first kappa shape index (κ1) is 15.1. The van der Waals surface area contributed by atoms with E-state index in [0.717, 1.165) is 5.56 Å². The zero-order valence-corrected chi connectivity index (χ0v) is 12.4. The van der Waals surface area contributed by atoms with E-state index in [1.165, 1.54) is 12.1 Å². The predicted octanol–water partition coefficient (Wildman–Crippen LogP) is 4.83. The van der Waals surface area contributed by atoms with Crippen LogP contribution >= 0.6 is 23.2 Å². The van der Waals surface area contributed by atoms with Crippen LogP contribution in [-0.4, -0.2) is 4.92 Å². The van der Waals surface area contributed by atoms with Gasteiger partial charge >= 0.3 is 0 Å². The molecule has 0 amide bonds. The summed E-state index contributed by atoms with van der Waals surface area (Å²) in [6, 6.07) is 9.44. The lowest BCUT2D eigenvalue weighted by Crippen LogP contribution is -1.97. The minimum Gasteiger partial charge on any atom is -0.353 e. The molecule has 0 aliphatic rings. The first-order valence-electron chi connectivity index (χ1n) is 5.84. The zero-order chi connectivity index (χ0) is 15.6. The van der Waals surface area contributed by atoms with Gasteiger partial charge < -0.3 is 5.32 Å². The minimum atomic E-state index is -0.608. The van der Waals surface area contributed by atoms with Gasteiger partial charge in [-0.25, -0.2) is 0 Å². The third-order valence-corrected chi connectivity index (χ3v) is 3.67. The monoisotopic (exact) mass is 321 g/mol. The molecule has 0 fully saturated rings. The number of aryl methyl sites for hydroxylation is 1. The second-order valence-electron chi connectivity index (χ2n) is 4.28. The van der Waals surface area contributed by atoms with Crippen molar-refractivity contribution in [3.63, 3.8) is 0 Å². The van der Waals surface area contributed by atoms with Gasteiger partial charge in [0.15, 0.2) is 0 Å². The van der Waals surface area contributed by atoms with Crippen molar-refractivity contribution < 1.29 is 4.92 Å². The van der Waals surface area contributed by atoms with Crippen LogP contribution in [0.5, 0.6) is 0 Å². The van der Waals surface area contributed by atoms with Gasteiger partial charge in [-0.3, -0.25) is 10.1 Å². The summed E-state index contributed by atoms with van der Waals surface area (Å²) < 4.78 is 0. The van der Waals surface area contributed by atoms with Crippen LogP contribution in [0.3, 0.4) is 0 Å². The number of nitrogens with zero attached hydrogens (tertiary/aromatic N) is 2. The Kier molecular flexibility index (Phi) is 4.32. The quantitative estimate of drug-likeness (QED) is 0.648. The summed E-state index contributed by atoms with van der Waals surface area (Å²) in [5.41, 5.74) is 1.44. The van der Waals surface area contributed by atoms with Gasteiger partial charge in [0.2, 0.25) is 0 Å². The Morgan fingerprint density at radius 1 is 1.29 bits per heavy atom. The second-order valence-corrected chi connectivity index (χ2v) is 5.06. The number of hydrogen-bond donors (Lipinski definition) is 1. The first-order chi connectivity index (χ1) is 9.93. The van der Waals surface area contributed by atoms with E-state index in [9.17, 15) is 10.1 Å². The predicted molar refractivity (Wildman–Crippen MR) is 82.3 cm³/mol. The first-order valence-corrected chi connectivity index (χ1v) is 6.59. The highest BCUT2D eigenvalue weighted by molar-refractivity contribution is 6.39. The van der Waals surface area contributed by atoms with E-state index in [0.29, 0.717) is 21.4 Å². The van der Waals surface area contributed by atoms with Gasteiger partial charge in [0.25, 0.3) is 5.69 Å². The summed E-state index contributed by atoms with van der Waals surface area (Å²) in [7, 11) is 0. The average molecular weight is 322 g/mol. The Bertz CT molecular complexity index is 770. The van der Waals surface area contributed by atoms with Gasteiger partial charge in [0.05, 0.1) is 20.7 Å². The maximum absolute atomic E-state index is 10.9. The summed E-state index contributed by atoms with van der Waals surface area (Å²) in [4.78, 5) is 10.3. The highest BCUT2D eigenvalue weighted by Crippen LogP contribution is 2.36. The van der Waals surface area contributed by atoms with Crippen molar-refractivity contribution in [1.29, 1.82) is 5.26 Å². The van der Waals surface area contributed by atoms with Gasteiger partial charge in [-0.2, -0.15) is 5.26 Å². The molecule has 0 heterocycles. The Labute approximate surface area is 130 Å². The lowest BCUT2D eigenvalue weighted by Gasteiger charge is -2.12. The van der Waals surface area contributed by atoms with E-state index in [-0.39, 0.29) is 11.3 Å². The van der Waals surface area contributed by atoms with Crippen molar-refractivity contribution in [2.45, 2.75) is 6.92 Å². The Morgan fingerprint density at radius 2 is 2.00 bits per heavy atom. The van der Waals surface area contributed by atoms with Crippen LogP contribution < -0.4 is 5.32 Å². The van der Waals surface area contributed by atoms with Crippen molar-refractivity contribution in [1.82, 2.24) is 0 Å². The molecule has 0 atom stereocenters. The van der Waals surface area contributed by atoms with E-state index in [2.05, 4.69) is 5.32 Å². The number of nitro benzene ring substituents is 1. The van der Waals surface area contributed by atoms with Crippen molar-refractivity contribution in [2.75, 3.05) is 5.32 Å². The van der Waals surface area contributed by atoms with Crippen LogP contribution in [0.15, 0.2) is 30.3 Å². The molecule has 7 heteroatoms. The number of nitriles is 1. The van der Waals surface area contributed by atoms with Crippen LogP contribution in [0.25, 0.3) is 0 Å². The smallest absolute Gasteiger partial charge is 0.289 e. The number of rotatable bonds is 3. The highest BCUT2D eigenvalue weighted by Gasteiger charge is 2.15. The SMILES string of the molecule is Cc1ccc(Cl)c(Nc2ccc(C#N)c([N+](=O)[O-])c2)c1Cl. The second kappa shape index (κ2) is 6.00. The fourth-order valence-corrected chi connectivity index (χ4v) is 2.24. The highest BCUT2D eigenvalue weighted by atomic mass is 35.5. The van der Waals surface area contributed by atoms with Gasteiger partial charge in [0.1, 0.15) is 11.6 Å². The summed E-state index contributed by atoms with van der Waals surface area (Å²) in [5, 5.41) is 23.6. The summed E-state index contributed by atoms with van der Waals surface area (Å²) in [6.07, 6.45) is 0. The van der Waals surface area contributed by atoms with E-state index >= 15 is 0 Å². The van der Waals surface area contributed by atoms with E-state index in [4.69, 9.17) is 28.5 Å². The standard InChI is InChI=1S/C14H9Cl2N3O2/c1-8-2-5-11(15)14(13(8)16)18-10-4-3-9(7-17)12(6-10)19(20)21/h2-6,18H,1H3.